The molecule has 242 valence electrons. The van der Waals surface area contributed by atoms with E-state index in [-0.39, 0.29) is 11.9 Å². The molecule has 1 heterocycles. The zero-order valence-electron chi connectivity index (χ0n) is 27.9. The zero-order chi connectivity index (χ0) is 32.7. The number of aromatic hydroxyl groups is 1. The number of hydrogen-bond donors (Lipinski definition) is 1. The minimum atomic E-state index is -1.90. The fourth-order valence-electron chi connectivity index (χ4n) is 5.48. The summed E-state index contributed by atoms with van der Waals surface area (Å²) in [6, 6.07) is 18.5. The van der Waals surface area contributed by atoms with E-state index >= 15 is 0 Å². The van der Waals surface area contributed by atoms with Gasteiger partial charge in [0, 0.05) is 24.5 Å². The van der Waals surface area contributed by atoms with Crippen LogP contribution in [0.15, 0.2) is 54.6 Å². The number of halogens is 2. The standard InChI is InChI=1S/C27H38N2.C10H12O2.2ClH.Ru/c1-18(2)22-11-9-12-23(19(3)4)26(22)28-15-16-29(17-28)27-24(20(5)6)13-10-14-25(27)21(7)8;1-7(2)12-10-5-4-9(11)6-8(10)3;;;/h9-14,18-21H,15-16H2,1-8H3;3-7,11H,1-2H3;2*1H;/q;;;;+2/p-2. The van der Waals surface area contributed by atoms with Gasteiger partial charge in [-0.1, -0.05) is 91.8 Å². The van der Waals surface area contributed by atoms with E-state index in [0.717, 1.165) is 18.7 Å². The average Bonchev–Trinajstić information content (AvgIpc) is 3.43. The Morgan fingerprint density at radius 2 is 1.11 bits per heavy atom. The van der Waals surface area contributed by atoms with Gasteiger partial charge >= 0.3 is 103 Å². The van der Waals surface area contributed by atoms with Crippen LogP contribution >= 0.6 is 19.4 Å². The molecular weight excluding hydrogens is 676 g/mol. The topological polar surface area (TPSA) is 35.9 Å². The van der Waals surface area contributed by atoms with Gasteiger partial charge in [-0.25, -0.2) is 0 Å². The number of para-hydroxylation sites is 2. The van der Waals surface area contributed by atoms with E-state index in [4.69, 9.17) is 24.1 Å². The van der Waals surface area contributed by atoms with Crippen LogP contribution in [0.5, 0.6) is 11.5 Å². The van der Waals surface area contributed by atoms with Crippen molar-refractivity contribution in [2.75, 3.05) is 22.9 Å². The minimum Gasteiger partial charge on any atom is -0.339 e. The quantitative estimate of drug-likeness (QED) is 0.223. The third-order valence-corrected chi connectivity index (χ3v) is 9.39. The van der Waals surface area contributed by atoms with Crippen molar-refractivity contribution in [2.45, 2.75) is 99.0 Å². The Balaban J connectivity index is 0.000000297. The summed E-state index contributed by atoms with van der Waals surface area (Å²) in [6.45, 7) is 28.0. The smallest absolute Gasteiger partial charge is 0.208 e. The van der Waals surface area contributed by atoms with Crippen LogP contribution in [0.3, 0.4) is 0 Å². The summed E-state index contributed by atoms with van der Waals surface area (Å²) in [4.78, 5) is 4.76. The molecule has 1 aliphatic rings. The van der Waals surface area contributed by atoms with Crippen molar-refractivity contribution >= 4 is 35.4 Å². The van der Waals surface area contributed by atoms with E-state index in [9.17, 15) is 5.11 Å². The first-order valence-corrected chi connectivity index (χ1v) is 21.1. The number of hydrogen-bond acceptors (Lipinski definition) is 4. The second kappa shape index (κ2) is 16.5. The Morgan fingerprint density at radius 1 is 0.705 bits per heavy atom. The first kappa shape index (κ1) is 36.4. The summed E-state index contributed by atoms with van der Waals surface area (Å²) in [7, 11) is 11.6. The molecule has 2 radical (unpaired) electrons. The molecule has 0 atom stereocenters. The molecule has 0 saturated carbocycles. The molecular formula is C37H50Cl2N2O2Ru. The van der Waals surface area contributed by atoms with Crippen molar-refractivity contribution in [1.82, 2.24) is 0 Å². The molecule has 3 aromatic rings. The van der Waals surface area contributed by atoms with Crippen LogP contribution < -0.4 is 14.5 Å². The first-order valence-electron chi connectivity index (χ1n) is 15.6. The van der Waals surface area contributed by atoms with E-state index < -0.39 is 13.5 Å². The maximum atomic E-state index is 9.34. The Bertz CT molecular complexity index is 1290. The number of benzene rings is 3. The second-order valence-electron chi connectivity index (χ2n) is 12.8. The molecule has 7 heteroatoms. The zero-order valence-corrected chi connectivity index (χ0v) is 31.2. The number of ether oxygens (including phenoxy) is 1. The van der Waals surface area contributed by atoms with E-state index in [0.29, 0.717) is 29.4 Å². The largest absolute Gasteiger partial charge is 0.339 e. The summed E-state index contributed by atoms with van der Waals surface area (Å²) in [5.41, 5.74) is 9.19. The van der Waals surface area contributed by atoms with Crippen LogP contribution in [0.25, 0.3) is 0 Å². The van der Waals surface area contributed by atoms with Crippen molar-refractivity contribution in [3.05, 3.63) is 89.1 Å². The van der Waals surface area contributed by atoms with Gasteiger partial charge in [0.1, 0.15) is 0 Å². The predicted molar refractivity (Wildman–Crippen MR) is 188 cm³/mol. The number of phenolic OH excluding ortho intramolecular Hbond substituents is 1. The Morgan fingerprint density at radius 3 is 1.45 bits per heavy atom. The molecule has 1 N–H and O–H groups in total. The van der Waals surface area contributed by atoms with Crippen LogP contribution in [0.2, 0.25) is 0 Å². The SMILES string of the molecule is CC(C)Oc1ccc(O)cc1[CH]=[Ru]([Cl])[Cl].CC(C)c1cccc(C(C)C)c1N1[C]N(c2c(C(C)C)cccc2C(C)C)CC1. The molecule has 0 aromatic heterocycles. The van der Waals surface area contributed by atoms with Crippen LogP contribution in [0, 0.1) is 6.67 Å². The number of anilines is 2. The molecule has 44 heavy (non-hydrogen) atoms. The van der Waals surface area contributed by atoms with Gasteiger partial charge in [0.05, 0.1) is 0 Å². The predicted octanol–water partition coefficient (Wildman–Crippen LogP) is 10.8. The number of phenols is 1. The minimum absolute atomic E-state index is 0.0768. The van der Waals surface area contributed by atoms with E-state index in [2.05, 4.69) is 108 Å². The second-order valence-corrected chi connectivity index (χ2v) is 18.5. The third kappa shape index (κ3) is 9.47. The van der Waals surface area contributed by atoms with Gasteiger partial charge in [-0.3, -0.25) is 0 Å². The summed E-state index contributed by atoms with van der Waals surface area (Å²) in [5.74, 6) is 2.86. The Kier molecular flexibility index (Phi) is 13.6. The van der Waals surface area contributed by atoms with Crippen molar-refractivity contribution in [3.63, 3.8) is 0 Å². The maximum absolute atomic E-state index is 9.34. The van der Waals surface area contributed by atoms with Crippen LogP contribution in [0.1, 0.15) is 121 Å². The van der Waals surface area contributed by atoms with E-state index in [1.165, 1.54) is 33.6 Å². The summed E-state index contributed by atoms with van der Waals surface area (Å²) < 4.78 is 7.32. The molecule has 4 nitrogen and oxygen atoms in total. The van der Waals surface area contributed by atoms with Gasteiger partial charge in [-0.15, -0.1) is 0 Å². The maximum Gasteiger partial charge on any atom is 0.208 e. The van der Waals surface area contributed by atoms with Crippen molar-refractivity contribution in [2.24, 2.45) is 0 Å². The summed E-state index contributed by atoms with van der Waals surface area (Å²) in [5, 5.41) is 9.34. The van der Waals surface area contributed by atoms with Gasteiger partial charge in [0.2, 0.25) is 6.67 Å². The van der Waals surface area contributed by atoms with Crippen LogP contribution in [-0.2, 0) is 13.5 Å². The molecule has 3 aromatic carbocycles. The normalized spacial score (nSPS) is 13.7. The fourth-order valence-corrected chi connectivity index (χ4v) is 7.26. The van der Waals surface area contributed by atoms with Gasteiger partial charge in [-0.05, 0) is 45.9 Å². The average molecular weight is 727 g/mol. The molecule has 0 aliphatic carbocycles. The van der Waals surface area contributed by atoms with Crippen LogP contribution in [0.4, 0.5) is 11.4 Å². The molecule has 1 saturated heterocycles. The monoisotopic (exact) mass is 726 g/mol. The van der Waals surface area contributed by atoms with Crippen molar-refractivity contribution in [3.8, 4) is 11.5 Å². The van der Waals surface area contributed by atoms with Gasteiger partial charge < -0.3 is 9.80 Å². The van der Waals surface area contributed by atoms with Gasteiger partial charge in [-0.2, -0.15) is 0 Å². The molecule has 1 fully saturated rings. The third-order valence-electron chi connectivity index (χ3n) is 7.56. The fraction of sp³-hybridized carbons (Fsp3) is 0.459. The summed E-state index contributed by atoms with van der Waals surface area (Å²) >= 11 is -1.90. The van der Waals surface area contributed by atoms with Crippen molar-refractivity contribution in [1.29, 1.82) is 0 Å². The van der Waals surface area contributed by atoms with E-state index in [1.807, 2.05) is 13.8 Å². The molecule has 1 aliphatic heterocycles. The first-order chi connectivity index (χ1) is 20.7. The molecule has 0 spiro atoms. The van der Waals surface area contributed by atoms with Gasteiger partial charge in [0.15, 0.2) is 0 Å². The van der Waals surface area contributed by atoms with Gasteiger partial charge in [0.25, 0.3) is 0 Å². The number of rotatable bonds is 9. The number of nitrogens with zero attached hydrogens (tertiary/aromatic N) is 2. The van der Waals surface area contributed by atoms with Crippen LogP contribution in [-0.4, -0.2) is 28.9 Å². The molecule has 4 rings (SSSR count). The molecule has 0 unspecified atom stereocenters. The Labute approximate surface area is 279 Å². The summed E-state index contributed by atoms with van der Waals surface area (Å²) in [6.07, 6.45) is 0.0768. The Hall–Kier alpha value is -2.07. The van der Waals surface area contributed by atoms with E-state index in [1.54, 1.807) is 22.8 Å². The molecule has 0 amide bonds. The van der Waals surface area contributed by atoms with Crippen molar-refractivity contribution < 1.29 is 23.4 Å². The molecule has 0 bridgehead atoms.